The second kappa shape index (κ2) is 8.49. The van der Waals surface area contributed by atoms with Crippen LogP contribution in [0, 0.1) is 13.8 Å². The molecule has 0 spiro atoms. The third kappa shape index (κ3) is 4.16. The fraction of sp³-hybridized carbons (Fsp3) is 0.286. The smallest absolute Gasteiger partial charge is 0.255 e. The number of nitrogens with zero attached hydrogens (tertiary/aromatic N) is 3. The van der Waals surface area contributed by atoms with Gasteiger partial charge in [0, 0.05) is 18.4 Å². The molecule has 0 saturated heterocycles. The predicted molar refractivity (Wildman–Crippen MR) is 104 cm³/mol. The Morgan fingerprint density at radius 2 is 1.93 bits per heavy atom. The van der Waals surface area contributed by atoms with Crippen molar-refractivity contribution in [3.8, 4) is 11.6 Å². The van der Waals surface area contributed by atoms with Crippen LogP contribution in [-0.4, -0.2) is 33.8 Å². The normalized spacial score (nSPS) is 10.6. The molecule has 6 heteroatoms. The lowest BCUT2D eigenvalue weighted by Crippen LogP contribution is -2.26. The Morgan fingerprint density at radius 3 is 2.67 bits per heavy atom. The molecule has 1 N–H and O–H groups in total. The number of benzene rings is 1. The van der Waals surface area contributed by atoms with E-state index in [1.54, 1.807) is 12.3 Å². The lowest BCUT2D eigenvalue weighted by atomic mass is 10.1. The molecular formula is C21H24N4O2. The zero-order valence-electron chi connectivity index (χ0n) is 15.9. The van der Waals surface area contributed by atoms with Crippen molar-refractivity contribution in [1.29, 1.82) is 0 Å². The van der Waals surface area contributed by atoms with Gasteiger partial charge in [-0.2, -0.15) is 5.10 Å². The number of hydrogen-bond donors (Lipinski definition) is 1. The number of amides is 1. The number of para-hydroxylation sites is 1. The van der Waals surface area contributed by atoms with Gasteiger partial charge in [-0.3, -0.25) is 4.79 Å². The summed E-state index contributed by atoms with van der Waals surface area (Å²) in [5.41, 5.74) is 3.66. The Bertz CT molecular complexity index is 919. The maximum absolute atomic E-state index is 12.5. The number of pyridine rings is 1. The first kappa shape index (κ1) is 18.6. The molecule has 0 aliphatic rings. The van der Waals surface area contributed by atoms with Crippen LogP contribution in [-0.2, 0) is 6.42 Å². The van der Waals surface area contributed by atoms with Crippen LogP contribution in [0.3, 0.4) is 0 Å². The SMILES string of the molecule is CCOc1ccccc1C(=O)NCCc1c(C)nn(-c2ccccn2)c1C. The molecule has 0 fully saturated rings. The maximum atomic E-state index is 12.5. The van der Waals surface area contributed by atoms with Crippen LogP contribution in [0.2, 0.25) is 0 Å². The molecule has 6 nitrogen and oxygen atoms in total. The molecule has 140 valence electrons. The number of ether oxygens (including phenoxy) is 1. The summed E-state index contributed by atoms with van der Waals surface area (Å²) < 4.78 is 7.38. The highest BCUT2D eigenvalue weighted by atomic mass is 16.5. The first-order valence-electron chi connectivity index (χ1n) is 9.08. The van der Waals surface area contributed by atoms with E-state index in [1.165, 1.54) is 0 Å². The average Bonchev–Trinajstić information content (AvgIpc) is 2.97. The van der Waals surface area contributed by atoms with Crippen LogP contribution >= 0.6 is 0 Å². The number of carbonyl (C=O) groups excluding carboxylic acids is 1. The highest BCUT2D eigenvalue weighted by molar-refractivity contribution is 5.96. The molecule has 1 amide bonds. The molecule has 0 radical (unpaired) electrons. The molecule has 0 atom stereocenters. The summed E-state index contributed by atoms with van der Waals surface area (Å²) in [4.78, 5) is 16.9. The highest BCUT2D eigenvalue weighted by Crippen LogP contribution is 2.19. The first-order valence-corrected chi connectivity index (χ1v) is 9.08. The first-order chi connectivity index (χ1) is 13.1. The number of hydrogen-bond acceptors (Lipinski definition) is 4. The van der Waals surface area contributed by atoms with Gasteiger partial charge in [-0.05, 0) is 57.0 Å². The van der Waals surface area contributed by atoms with Gasteiger partial charge in [0.2, 0.25) is 0 Å². The Balaban J connectivity index is 1.68. The van der Waals surface area contributed by atoms with E-state index in [1.807, 2.05) is 61.9 Å². The van der Waals surface area contributed by atoms with E-state index >= 15 is 0 Å². The Hall–Kier alpha value is -3.15. The van der Waals surface area contributed by atoms with Crippen LogP contribution in [0.5, 0.6) is 5.75 Å². The molecule has 0 saturated carbocycles. The number of aryl methyl sites for hydroxylation is 1. The summed E-state index contributed by atoms with van der Waals surface area (Å²) in [6.07, 6.45) is 2.45. The van der Waals surface area contributed by atoms with E-state index in [2.05, 4.69) is 15.4 Å². The summed E-state index contributed by atoms with van der Waals surface area (Å²) in [5, 5.41) is 7.57. The molecule has 2 aromatic heterocycles. The molecule has 0 aliphatic carbocycles. The third-order valence-corrected chi connectivity index (χ3v) is 4.40. The van der Waals surface area contributed by atoms with Gasteiger partial charge in [0.25, 0.3) is 5.91 Å². The van der Waals surface area contributed by atoms with E-state index in [9.17, 15) is 4.79 Å². The second-order valence-electron chi connectivity index (χ2n) is 6.18. The van der Waals surface area contributed by atoms with Crippen molar-refractivity contribution in [2.45, 2.75) is 27.2 Å². The van der Waals surface area contributed by atoms with Gasteiger partial charge in [0.05, 0.1) is 17.9 Å². The molecule has 0 unspecified atom stereocenters. The van der Waals surface area contributed by atoms with Crippen molar-refractivity contribution in [2.24, 2.45) is 0 Å². The lowest BCUT2D eigenvalue weighted by molar-refractivity contribution is 0.0950. The number of rotatable bonds is 7. The zero-order valence-corrected chi connectivity index (χ0v) is 15.9. The minimum Gasteiger partial charge on any atom is -0.493 e. The van der Waals surface area contributed by atoms with Crippen molar-refractivity contribution >= 4 is 5.91 Å². The van der Waals surface area contributed by atoms with Gasteiger partial charge >= 0.3 is 0 Å². The topological polar surface area (TPSA) is 69.0 Å². The molecule has 1 aromatic carbocycles. The van der Waals surface area contributed by atoms with Crippen molar-refractivity contribution in [3.63, 3.8) is 0 Å². The van der Waals surface area contributed by atoms with Crippen molar-refractivity contribution in [1.82, 2.24) is 20.1 Å². The van der Waals surface area contributed by atoms with Crippen molar-refractivity contribution in [3.05, 3.63) is 71.2 Å². The number of carbonyl (C=O) groups is 1. The van der Waals surface area contributed by atoms with Crippen LogP contribution in [0.15, 0.2) is 48.7 Å². The van der Waals surface area contributed by atoms with Crippen molar-refractivity contribution < 1.29 is 9.53 Å². The standard InChI is InChI=1S/C21H24N4O2/c1-4-27-19-10-6-5-9-18(19)21(26)23-14-12-17-15(2)24-25(16(17)3)20-11-7-8-13-22-20/h5-11,13H,4,12,14H2,1-3H3,(H,23,26). The van der Waals surface area contributed by atoms with E-state index < -0.39 is 0 Å². The van der Waals surface area contributed by atoms with Gasteiger partial charge < -0.3 is 10.1 Å². The maximum Gasteiger partial charge on any atom is 0.255 e. The Kier molecular flexibility index (Phi) is 5.86. The summed E-state index contributed by atoms with van der Waals surface area (Å²) in [7, 11) is 0. The molecule has 0 bridgehead atoms. The molecule has 3 rings (SSSR count). The van der Waals surface area contributed by atoms with Crippen LogP contribution in [0.4, 0.5) is 0 Å². The van der Waals surface area contributed by atoms with Crippen molar-refractivity contribution in [2.75, 3.05) is 13.2 Å². The molecule has 3 aromatic rings. The summed E-state index contributed by atoms with van der Waals surface area (Å²) in [5.74, 6) is 1.26. The van der Waals surface area contributed by atoms with Gasteiger partial charge in [-0.15, -0.1) is 0 Å². The van der Waals surface area contributed by atoms with Gasteiger partial charge in [0.15, 0.2) is 5.82 Å². The average molecular weight is 364 g/mol. The molecule has 0 aliphatic heterocycles. The number of nitrogens with one attached hydrogen (secondary N) is 1. The Labute approximate surface area is 159 Å². The quantitative estimate of drug-likeness (QED) is 0.699. The van der Waals surface area contributed by atoms with Gasteiger partial charge in [-0.25, -0.2) is 9.67 Å². The largest absolute Gasteiger partial charge is 0.493 e. The monoisotopic (exact) mass is 364 g/mol. The van der Waals surface area contributed by atoms with Crippen LogP contribution in [0.1, 0.15) is 34.2 Å². The zero-order chi connectivity index (χ0) is 19.2. The summed E-state index contributed by atoms with van der Waals surface area (Å²) in [6.45, 7) is 6.95. The minimum atomic E-state index is -0.133. The lowest BCUT2D eigenvalue weighted by Gasteiger charge is -2.10. The van der Waals surface area contributed by atoms with Gasteiger partial charge in [-0.1, -0.05) is 18.2 Å². The summed E-state index contributed by atoms with van der Waals surface area (Å²) >= 11 is 0. The van der Waals surface area contributed by atoms with Gasteiger partial charge in [0.1, 0.15) is 5.75 Å². The molecular weight excluding hydrogens is 340 g/mol. The van der Waals surface area contributed by atoms with Crippen LogP contribution in [0.25, 0.3) is 5.82 Å². The minimum absolute atomic E-state index is 0.133. The van der Waals surface area contributed by atoms with E-state index in [-0.39, 0.29) is 5.91 Å². The predicted octanol–water partition coefficient (Wildman–Crippen LogP) is 3.26. The highest BCUT2D eigenvalue weighted by Gasteiger charge is 2.15. The van der Waals surface area contributed by atoms with E-state index in [0.29, 0.717) is 30.9 Å². The van der Waals surface area contributed by atoms with E-state index in [4.69, 9.17) is 4.74 Å². The molecule has 27 heavy (non-hydrogen) atoms. The third-order valence-electron chi connectivity index (χ3n) is 4.40. The van der Waals surface area contributed by atoms with Crippen LogP contribution < -0.4 is 10.1 Å². The Morgan fingerprint density at radius 1 is 1.15 bits per heavy atom. The fourth-order valence-corrected chi connectivity index (χ4v) is 3.07. The number of aromatic nitrogens is 3. The summed E-state index contributed by atoms with van der Waals surface area (Å²) in [6, 6.07) is 13.0. The van der Waals surface area contributed by atoms with E-state index in [0.717, 1.165) is 22.8 Å². The second-order valence-corrected chi connectivity index (χ2v) is 6.18. The molecule has 2 heterocycles. The fourth-order valence-electron chi connectivity index (χ4n) is 3.07.